The Morgan fingerprint density at radius 1 is 1.16 bits per heavy atom. The Labute approximate surface area is 218 Å². The van der Waals surface area contributed by atoms with Gasteiger partial charge in [0.1, 0.15) is 23.0 Å². The number of ether oxygens (including phenoxy) is 3. The molecule has 11 nitrogen and oxygen atoms in total. The van der Waals surface area contributed by atoms with Gasteiger partial charge in [0, 0.05) is 26.0 Å². The number of Topliss-reactive ketones (excluding diaryl/α,β-unsaturated/α-hetero) is 1. The first-order chi connectivity index (χ1) is 17.5. The average Bonchev–Trinajstić information content (AvgIpc) is 3.46. The number of aromatic nitrogens is 2. The quantitative estimate of drug-likeness (QED) is 0.222. The first-order valence-electron chi connectivity index (χ1n) is 12.3. The predicted octanol–water partition coefficient (Wildman–Crippen LogP) is 3.64. The first kappa shape index (κ1) is 26.8. The molecule has 1 unspecified atom stereocenters. The number of aliphatic hydroxyl groups is 1. The lowest BCUT2D eigenvalue weighted by Gasteiger charge is -2.45. The summed E-state index contributed by atoms with van der Waals surface area (Å²) in [5.41, 5.74) is 1.01. The normalized spacial score (nSPS) is 22.4. The molecule has 0 saturated carbocycles. The standard InChI is InChI=1S/C25H31N3O8S/c1-7-15(8-2)36-25(33)35-14(6)34-24(32)20-21(37-23-18(13(5)30)26-10-28(20)23)16-9-27-19(11(16)3)17(12(4)29)22(27)31/h9-12,14-15,17,19,29H,7-8H2,1-6H3/t11-,12+,14?,17+,19+/m0/s1. The van der Waals surface area contributed by atoms with Gasteiger partial charge in [-0.1, -0.05) is 20.8 Å². The molecule has 0 aromatic carbocycles. The summed E-state index contributed by atoms with van der Waals surface area (Å²) in [5, 5.41) is 10.1. The van der Waals surface area contributed by atoms with Crippen LogP contribution >= 0.6 is 11.3 Å². The van der Waals surface area contributed by atoms with Crippen LogP contribution in [0.3, 0.4) is 0 Å². The van der Waals surface area contributed by atoms with E-state index in [-0.39, 0.29) is 41.1 Å². The third-order valence-electron chi connectivity index (χ3n) is 6.91. The summed E-state index contributed by atoms with van der Waals surface area (Å²) in [6, 6.07) is -0.236. The molecule has 2 aliphatic heterocycles. The number of thiazole rings is 1. The van der Waals surface area contributed by atoms with E-state index in [0.717, 1.165) is 0 Å². The van der Waals surface area contributed by atoms with Crippen molar-refractivity contribution in [3.8, 4) is 0 Å². The molecule has 2 aromatic heterocycles. The minimum atomic E-state index is -1.25. The van der Waals surface area contributed by atoms with Crippen molar-refractivity contribution >= 4 is 45.6 Å². The van der Waals surface area contributed by atoms with Crippen LogP contribution in [0.5, 0.6) is 0 Å². The van der Waals surface area contributed by atoms with Gasteiger partial charge in [-0.2, -0.15) is 0 Å². The number of rotatable bonds is 9. The zero-order valence-corrected chi connectivity index (χ0v) is 22.4. The van der Waals surface area contributed by atoms with Crippen molar-refractivity contribution in [2.24, 2.45) is 11.8 Å². The van der Waals surface area contributed by atoms with Gasteiger partial charge >= 0.3 is 12.1 Å². The number of nitrogens with zero attached hydrogens (tertiary/aromatic N) is 3. The number of amides is 1. The van der Waals surface area contributed by atoms with E-state index >= 15 is 0 Å². The van der Waals surface area contributed by atoms with Crippen LogP contribution in [0, 0.1) is 11.8 Å². The third kappa shape index (κ3) is 4.63. The van der Waals surface area contributed by atoms with E-state index in [0.29, 0.717) is 28.1 Å². The van der Waals surface area contributed by atoms with Gasteiger partial charge in [0.2, 0.25) is 12.2 Å². The number of hydrogen-bond donors (Lipinski definition) is 1. The topological polar surface area (TPSA) is 137 Å². The zero-order valence-electron chi connectivity index (χ0n) is 21.6. The van der Waals surface area contributed by atoms with Crippen molar-refractivity contribution in [1.29, 1.82) is 0 Å². The van der Waals surface area contributed by atoms with Crippen LogP contribution in [0.15, 0.2) is 12.5 Å². The SMILES string of the molecule is CCC(CC)OC(=O)OC(C)OC(=O)c1c(C2=CN3C(=O)[C@H]([C@@H](C)O)[C@H]3[C@H]2C)sc2c(C(C)=O)ncn12. The second kappa shape index (κ2) is 10.3. The van der Waals surface area contributed by atoms with Crippen molar-refractivity contribution in [2.75, 3.05) is 0 Å². The number of carbonyl (C=O) groups excluding carboxylic acids is 4. The Bertz CT molecular complexity index is 1270. The van der Waals surface area contributed by atoms with Crippen LogP contribution < -0.4 is 0 Å². The van der Waals surface area contributed by atoms with E-state index in [4.69, 9.17) is 14.2 Å². The molecule has 1 saturated heterocycles. The molecule has 2 aromatic rings. The number of esters is 1. The van der Waals surface area contributed by atoms with Gasteiger partial charge in [0.15, 0.2) is 11.5 Å². The van der Waals surface area contributed by atoms with Crippen molar-refractivity contribution in [3.63, 3.8) is 0 Å². The highest BCUT2D eigenvalue weighted by Crippen LogP contribution is 2.49. The van der Waals surface area contributed by atoms with Crippen molar-refractivity contribution in [1.82, 2.24) is 14.3 Å². The lowest BCUT2D eigenvalue weighted by atomic mass is 9.77. The summed E-state index contributed by atoms with van der Waals surface area (Å²) in [7, 11) is 0. The number of β-lactam (4-membered cyclic amide) rings is 1. The van der Waals surface area contributed by atoms with Gasteiger partial charge in [-0.15, -0.1) is 11.3 Å². The fourth-order valence-corrected chi connectivity index (χ4v) is 6.29. The molecule has 37 heavy (non-hydrogen) atoms. The van der Waals surface area contributed by atoms with Crippen LogP contribution in [-0.4, -0.2) is 67.7 Å². The van der Waals surface area contributed by atoms with E-state index in [2.05, 4.69) is 4.98 Å². The van der Waals surface area contributed by atoms with Gasteiger partial charge in [0.05, 0.1) is 22.9 Å². The van der Waals surface area contributed by atoms with Crippen LogP contribution in [0.1, 0.15) is 80.2 Å². The molecule has 12 heteroatoms. The molecule has 2 aliphatic rings. The molecule has 0 aliphatic carbocycles. The van der Waals surface area contributed by atoms with E-state index < -0.39 is 30.4 Å². The second-order valence-corrected chi connectivity index (χ2v) is 10.4. The maximum absolute atomic E-state index is 13.4. The molecule has 0 radical (unpaired) electrons. The maximum Gasteiger partial charge on any atom is 0.511 e. The summed E-state index contributed by atoms with van der Waals surface area (Å²) in [4.78, 5) is 56.9. The van der Waals surface area contributed by atoms with Crippen LogP contribution in [0.2, 0.25) is 0 Å². The zero-order chi connectivity index (χ0) is 27.2. The number of fused-ring (bicyclic) bond motifs is 2. The Morgan fingerprint density at radius 2 is 1.84 bits per heavy atom. The highest BCUT2D eigenvalue weighted by atomic mass is 32.1. The smallest absolute Gasteiger partial charge is 0.431 e. The van der Waals surface area contributed by atoms with Gasteiger partial charge < -0.3 is 24.2 Å². The fourth-order valence-electron chi connectivity index (χ4n) is 4.93. The predicted molar refractivity (Wildman–Crippen MR) is 133 cm³/mol. The Kier molecular flexibility index (Phi) is 7.43. The number of aliphatic hydroxyl groups excluding tert-OH is 1. The maximum atomic E-state index is 13.4. The van der Waals surface area contributed by atoms with Gasteiger partial charge in [-0.05, 0) is 25.3 Å². The highest BCUT2D eigenvalue weighted by molar-refractivity contribution is 7.19. The molecule has 1 N–H and O–H groups in total. The molecule has 1 amide bonds. The Morgan fingerprint density at radius 3 is 2.43 bits per heavy atom. The van der Waals surface area contributed by atoms with Crippen molar-refractivity contribution in [2.45, 2.75) is 78.9 Å². The Balaban J connectivity index is 1.65. The van der Waals surface area contributed by atoms with Crippen molar-refractivity contribution in [3.05, 3.63) is 28.8 Å². The van der Waals surface area contributed by atoms with Crippen LogP contribution in [0.4, 0.5) is 4.79 Å². The lowest BCUT2D eigenvalue weighted by Crippen LogP contribution is -2.61. The summed E-state index contributed by atoms with van der Waals surface area (Å²) in [5.74, 6) is -1.97. The summed E-state index contributed by atoms with van der Waals surface area (Å²) in [6.07, 6.45) is 1.01. The molecular formula is C25H31N3O8S. The van der Waals surface area contributed by atoms with Gasteiger partial charge in [-0.3, -0.25) is 14.0 Å². The summed E-state index contributed by atoms with van der Waals surface area (Å²) >= 11 is 1.19. The van der Waals surface area contributed by atoms with Gasteiger partial charge in [-0.25, -0.2) is 14.6 Å². The third-order valence-corrected chi connectivity index (χ3v) is 8.12. The minimum Gasteiger partial charge on any atom is -0.431 e. The molecule has 0 spiro atoms. The average molecular weight is 534 g/mol. The molecule has 5 atom stereocenters. The van der Waals surface area contributed by atoms with E-state index in [1.54, 1.807) is 18.0 Å². The number of hydrogen-bond acceptors (Lipinski definition) is 10. The van der Waals surface area contributed by atoms with E-state index in [1.807, 2.05) is 20.8 Å². The molecule has 1 fully saturated rings. The number of ketones is 1. The van der Waals surface area contributed by atoms with Crippen LogP contribution in [0.25, 0.3) is 10.4 Å². The van der Waals surface area contributed by atoms with Crippen LogP contribution in [-0.2, 0) is 19.0 Å². The molecule has 200 valence electrons. The number of carbonyl (C=O) groups is 4. The van der Waals surface area contributed by atoms with E-state index in [9.17, 15) is 24.3 Å². The number of imidazole rings is 1. The monoisotopic (exact) mass is 533 g/mol. The minimum absolute atomic E-state index is 0.102. The fraction of sp³-hybridized carbons (Fsp3) is 0.560. The summed E-state index contributed by atoms with van der Waals surface area (Å²) < 4.78 is 17.2. The summed E-state index contributed by atoms with van der Waals surface area (Å²) in [6.45, 7) is 10.1. The first-order valence-corrected chi connectivity index (χ1v) is 13.1. The second-order valence-electron chi connectivity index (χ2n) is 9.38. The lowest BCUT2D eigenvalue weighted by molar-refractivity contribution is -0.158. The molecule has 0 bridgehead atoms. The van der Waals surface area contributed by atoms with Crippen molar-refractivity contribution < 1.29 is 38.5 Å². The molecule has 4 heterocycles. The largest absolute Gasteiger partial charge is 0.511 e. The highest BCUT2D eigenvalue weighted by Gasteiger charge is 2.55. The van der Waals surface area contributed by atoms with Gasteiger partial charge in [0.25, 0.3) is 0 Å². The molecular weight excluding hydrogens is 502 g/mol. The molecule has 4 rings (SSSR count). The van der Waals surface area contributed by atoms with E-state index in [1.165, 1.54) is 35.9 Å². The Hall–Kier alpha value is -3.25.